The van der Waals surface area contributed by atoms with Crippen LogP contribution in [0.2, 0.25) is 10.0 Å². The van der Waals surface area contributed by atoms with Crippen LogP contribution in [0.4, 0.5) is 4.39 Å². The van der Waals surface area contributed by atoms with Crippen LogP contribution in [0.1, 0.15) is 12.6 Å². The molecule has 0 aliphatic heterocycles. The van der Waals surface area contributed by atoms with Crippen molar-refractivity contribution in [2.24, 2.45) is 0 Å². The summed E-state index contributed by atoms with van der Waals surface area (Å²) >= 11 is 11.8. The second-order valence-electron chi connectivity index (χ2n) is 3.46. The van der Waals surface area contributed by atoms with Crippen molar-refractivity contribution in [1.82, 2.24) is 9.97 Å². The van der Waals surface area contributed by atoms with Crippen LogP contribution in [0.5, 0.6) is 0 Å². The molecule has 0 saturated carbocycles. The van der Waals surface area contributed by atoms with Gasteiger partial charge in [-0.25, -0.2) is 14.4 Å². The molecule has 0 radical (unpaired) electrons. The molecule has 0 aliphatic rings. The lowest BCUT2D eigenvalue weighted by Crippen LogP contribution is -1.96. The quantitative estimate of drug-likeness (QED) is 0.819. The Labute approximate surface area is 108 Å². The monoisotopic (exact) mass is 270 g/mol. The summed E-state index contributed by atoms with van der Waals surface area (Å²) in [6.07, 6.45) is 2.05. The van der Waals surface area contributed by atoms with Gasteiger partial charge in [-0.3, -0.25) is 0 Å². The highest BCUT2D eigenvalue weighted by atomic mass is 35.5. The van der Waals surface area contributed by atoms with E-state index in [1.54, 1.807) is 12.1 Å². The third-order valence-corrected chi connectivity index (χ3v) is 3.02. The van der Waals surface area contributed by atoms with E-state index in [4.69, 9.17) is 23.2 Å². The molecule has 0 unspecified atom stereocenters. The van der Waals surface area contributed by atoms with Gasteiger partial charge in [0.25, 0.3) is 0 Å². The number of rotatable bonds is 2. The fraction of sp³-hybridized carbons (Fsp3) is 0.167. The number of aromatic nitrogens is 2. The lowest BCUT2D eigenvalue weighted by molar-refractivity contribution is 0.630. The zero-order valence-corrected chi connectivity index (χ0v) is 10.6. The van der Waals surface area contributed by atoms with Crippen molar-refractivity contribution in [3.63, 3.8) is 0 Å². The molecule has 0 spiro atoms. The molecule has 1 aromatic carbocycles. The van der Waals surface area contributed by atoms with E-state index >= 15 is 0 Å². The maximum atomic E-state index is 13.7. The van der Waals surface area contributed by atoms with Crippen LogP contribution in [-0.2, 0) is 6.42 Å². The van der Waals surface area contributed by atoms with Crippen LogP contribution in [0.15, 0.2) is 24.5 Å². The van der Waals surface area contributed by atoms with Crippen LogP contribution in [0.25, 0.3) is 11.3 Å². The van der Waals surface area contributed by atoms with Gasteiger partial charge in [0, 0.05) is 10.6 Å². The predicted octanol–water partition coefficient (Wildman–Crippen LogP) is 4.15. The summed E-state index contributed by atoms with van der Waals surface area (Å²) in [4.78, 5) is 8.06. The van der Waals surface area contributed by atoms with Gasteiger partial charge in [-0.1, -0.05) is 30.1 Å². The summed E-state index contributed by atoms with van der Waals surface area (Å²) in [6.45, 7) is 1.93. The van der Waals surface area contributed by atoms with E-state index in [-0.39, 0.29) is 0 Å². The molecule has 0 saturated heterocycles. The number of hydrogen-bond acceptors (Lipinski definition) is 2. The summed E-state index contributed by atoms with van der Waals surface area (Å²) in [7, 11) is 0. The van der Waals surface area contributed by atoms with Crippen LogP contribution < -0.4 is 0 Å². The van der Waals surface area contributed by atoms with Gasteiger partial charge < -0.3 is 0 Å². The fourth-order valence-electron chi connectivity index (χ4n) is 1.52. The second kappa shape index (κ2) is 4.98. The molecule has 2 aromatic rings. The highest BCUT2D eigenvalue weighted by molar-refractivity contribution is 6.33. The first-order valence-corrected chi connectivity index (χ1v) is 5.84. The Balaban J connectivity index is 2.60. The average Bonchev–Trinajstić information content (AvgIpc) is 2.30. The van der Waals surface area contributed by atoms with Crippen molar-refractivity contribution in [2.75, 3.05) is 0 Å². The molecule has 2 nitrogen and oxygen atoms in total. The summed E-state index contributed by atoms with van der Waals surface area (Å²) in [6, 6.07) is 4.40. The highest BCUT2D eigenvalue weighted by Crippen LogP contribution is 2.30. The molecule has 5 heteroatoms. The summed E-state index contributed by atoms with van der Waals surface area (Å²) in [5.74, 6) is -0.444. The van der Waals surface area contributed by atoms with Crippen molar-refractivity contribution in [1.29, 1.82) is 0 Å². The van der Waals surface area contributed by atoms with Gasteiger partial charge in [-0.15, -0.1) is 0 Å². The molecule has 0 atom stereocenters. The lowest BCUT2D eigenvalue weighted by Gasteiger charge is -2.07. The first kappa shape index (κ1) is 12.3. The van der Waals surface area contributed by atoms with E-state index in [9.17, 15) is 4.39 Å². The minimum atomic E-state index is -0.444. The van der Waals surface area contributed by atoms with Gasteiger partial charge in [0.15, 0.2) is 0 Å². The van der Waals surface area contributed by atoms with Crippen molar-refractivity contribution in [3.05, 3.63) is 46.1 Å². The molecule has 0 fully saturated rings. The maximum Gasteiger partial charge on any atom is 0.134 e. The van der Waals surface area contributed by atoms with Crippen LogP contribution in [0.3, 0.4) is 0 Å². The van der Waals surface area contributed by atoms with E-state index in [1.807, 2.05) is 6.92 Å². The number of halogens is 3. The third kappa shape index (κ3) is 2.40. The van der Waals surface area contributed by atoms with Crippen molar-refractivity contribution in [2.45, 2.75) is 13.3 Å². The molecule has 1 heterocycles. The smallest absolute Gasteiger partial charge is 0.134 e. The minimum absolute atomic E-state index is 0.330. The molecule has 0 aliphatic carbocycles. The fourth-order valence-corrected chi connectivity index (χ4v) is 2.01. The Morgan fingerprint density at radius 2 is 2.00 bits per heavy atom. The Kier molecular flexibility index (Phi) is 3.60. The largest absolute Gasteiger partial charge is 0.240 e. The molecule has 2 rings (SSSR count). The van der Waals surface area contributed by atoms with E-state index < -0.39 is 5.82 Å². The van der Waals surface area contributed by atoms with Crippen molar-refractivity contribution >= 4 is 23.2 Å². The van der Waals surface area contributed by atoms with Crippen LogP contribution >= 0.6 is 23.2 Å². The Morgan fingerprint density at radius 3 is 2.65 bits per heavy atom. The van der Waals surface area contributed by atoms with Crippen LogP contribution in [-0.4, -0.2) is 9.97 Å². The predicted molar refractivity (Wildman–Crippen MR) is 66.8 cm³/mol. The van der Waals surface area contributed by atoms with E-state index in [2.05, 4.69) is 9.97 Å². The first-order valence-electron chi connectivity index (χ1n) is 5.08. The Hall–Kier alpha value is -1.19. The topological polar surface area (TPSA) is 25.8 Å². The van der Waals surface area contributed by atoms with Gasteiger partial charge in [-0.05, 0) is 24.6 Å². The highest BCUT2D eigenvalue weighted by Gasteiger charge is 2.13. The molecule has 0 bridgehead atoms. The summed E-state index contributed by atoms with van der Waals surface area (Å²) in [5.41, 5.74) is 1.43. The van der Waals surface area contributed by atoms with E-state index in [1.165, 1.54) is 12.4 Å². The number of aryl methyl sites for hydroxylation is 1. The van der Waals surface area contributed by atoms with Gasteiger partial charge in [0.1, 0.15) is 12.1 Å². The standard InChI is InChI=1S/C12H9Cl2FN2/c1-2-10-11(14)12(17-6-16-10)8-4-3-7(13)5-9(8)15/h3-6H,2H2,1H3. The number of hydrogen-bond donors (Lipinski definition) is 0. The van der Waals surface area contributed by atoms with Gasteiger partial charge in [-0.2, -0.15) is 0 Å². The normalized spacial score (nSPS) is 10.6. The molecular weight excluding hydrogens is 262 g/mol. The Bertz CT molecular complexity index is 558. The van der Waals surface area contributed by atoms with Gasteiger partial charge >= 0.3 is 0 Å². The zero-order valence-electron chi connectivity index (χ0n) is 9.04. The van der Waals surface area contributed by atoms with Gasteiger partial charge in [0.2, 0.25) is 0 Å². The first-order chi connectivity index (χ1) is 8.13. The Morgan fingerprint density at radius 1 is 1.24 bits per heavy atom. The van der Waals surface area contributed by atoms with Crippen molar-refractivity contribution in [3.8, 4) is 11.3 Å². The van der Waals surface area contributed by atoms with Crippen LogP contribution in [0, 0.1) is 5.82 Å². The second-order valence-corrected chi connectivity index (χ2v) is 4.28. The molecular formula is C12H9Cl2FN2. The lowest BCUT2D eigenvalue weighted by atomic mass is 10.1. The third-order valence-electron chi connectivity index (χ3n) is 2.38. The number of nitrogens with zero attached hydrogens (tertiary/aromatic N) is 2. The average molecular weight is 271 g/mol. The van der Waals surface area contributed by atoms with E-state index in [0.29, 0.717) is 33.4 Å². The SMILES string of the molecule is CCc1ncnc(-c2ccc(Cl)cc2F)c1Cl. The van der Waals surface area contributed by atoms with Crippen molar-refractivity contribution < 1.29 is 4.39 Å². The molecule has 0 N–H and O–H groups in total. The molecule has 0 amide bonds. The van der Waals surface area contributed by atoms with E-state index in [0.717, 1.165) is 0 Å². The number of benzene rings is 1. The summed E-state index contributed by atoms with van der Waals surface area (Å²) in [5, 5.41) is 0.725. The summed E-state index contributed by atoms with van der Waals surface area (Å²) < 4.78 is 13.7. The molecule has 17 heavy (non-hydrogen) atoms. The maximum absolute atomic E-state index is 13.7. The molecule has 1 aromatic heterocycles. The molecule has 88 valence electrons. The zero-order chi connectivity index (χ0) is 12.4. The van der Waals surface area contributed by atoms with Gasteiger partial charge in [0.05, 0.1) is 16.4 Å². The minimum Gasteiger partial charge on any atom is -0.240 e.